The number of halogens is 1. The third-order valence-corrected chi connectivity index (χ3v) is 4.26. The van der Waals surface area contributed by atoms with Gasteiger partial charge in [0.2, 0.25) is 0 Å². The van der Waals surface area contributed by atoms with Crippen molar-refractivity contribution in [3.8, 4) is 12.3 Å². The van der Waals surface area contributed by atoms with Crippen LogP contribution in [0.25, 0.3) is 10.2 Å². The number of anilines is 3. The number of nitrogens with zero attached hydrogens (tertiary/aromatic N) is 2. The van der Waals surface area contributed by atoms with Crippen molar-refractivity contribution in [1.82, 2.24) is 9.97 Å². The molecule has 21 heavy (non-hydrogen) atoms. The zero-order valence-electron chi connectivity index (χ0n) is 10.9. The lowest BCUT2D eigenvalue weighted by Gasteiger charge is -2.09. The van der Waals surface area contributed by atoms with Crippen LogP contribution in [-0.4, -0.2) is 16.5 Å². The van der Waals surface area contributed by atoms with E-state index in [1.807, 2.05) is 35.8 Å². The van der Waals surface area contributed by atoms with Gasteiger partial charge in [0.1, 0.15) is 11.6 Å². The summed E-state index contributed by atoms with van der Waals surface area (Å²) >= 11 is 5.07. The van der Waals surface area contributed by atoms with E-state index < -0.39 is 0 Å². The first-order valence-corrected chi connectivity index (χ1v) is 7.87. The Bertz CT molecular complexity index is 822. The molecule has 0 radical (unpaired) electrons. The van der Waals surface area contributed by atoms with Crippen LogP contribution < -0.4 is 10.6 Å². The van der Waals surface area contributed by atoms with Crippen molar-refractivity contribution in [2.75, 3.05) is 17.2 Å². The largest absolute Gasteiger partial charge is 0.358 e. The van der Waals surface area contributed by atoms with E-state index in [0.29, 0.717) is 12.4 Å². The number of nitrogens with one attached hydrogen (secondary N) is 2. The van der Waals surface area contributed by atoms with Gasteiger partial charge in [0.15, 0.2) is 0 Å². The third kappa shape index (κ3) is 3.15. The Morgan fingerprint density at radius 3 is 3.05 bits per heavy atom. The van der Waals surface area contributed by atoms with E-state index in [1.54, 1.807) is 11.3 Å². The lowest BCUT2D eigenvalue weighted by molar-refractivity contribution is 1.23. The molecule has 3 rings (SSSR count). The average molecular weight is 359 g/mol. The highest BCUT2D eigenvalue weighted by atomic mass is 79.9. The van der Waals surface area contributed by atoms with Crippen molar-refractivity contribution >= 4 is 54.8 Å². The summed E-state index contributed by atoms with van der Waals surface area (Å²) in [6.07, 6.45) is 5.25. The van der Waals surface area contributed by atoms with Gasteiger partial charge in [-0.25, -0.2) is 9.97 Å². The summed E-state index contributed by atoms with van der Waals surface area (Å²) in [6.45, 7) is 0.430. The molecule has 0 bridgehead atoms. The van der Waals surface area contributed by atoms with Crippen molar-refractivity contribution in [1.29, 1.82) is 0 Å². The van der Waals surface area contributed by atoms with Crippen molar-refractivity contribution in [3.63, 3.8) is 0 Å². The van der Waals surface area contributed by atoms with Gasteiger partial charge in [-0.05, 0) is 46.3 Å². The Kier molecular flexibility index (Phi) is 4.04. The van der Waals surface area contributed by atoms with Gasteiger partial charge in [-0.15, -0.1) is 17.8 Å². The Balaban J connectivity index is 1.85. The van der Waals surface area contributed by atoms with Gasteiger partial charge in [0, 0.05) is 5.69 Å². The quantitative estimate of drug-likeness (QED) is 0.684. The molecule has 4 nitrogen and oxygen atoms in total. The second kappa shape index (κ2) is 6.12. The molecular weight excluding hydrogens is 348 g/mol. The molecule has 0 aliphatic heterocycles. The lowest BCUT2D eigenvalue weighted by Crippen LogP contribution is -2.03. The Hall–Kier alpha value is -2.10. The van der Waals surface area contributed by atoms with E-state index >= 15 is 0 Å². The molecule has 0 unspecified atom stereocenters. The first-order chi connectivity index (χ1) is 10.3. The fourth-order valence-corrected chi connectivity index (χ4v) is 2.87. The normalized spacial score (nSPS) is 10.3. The summed E-state index contributed by atoms with van der Waals surface area (Å²) in [7, 11) is 0. The highest BCUT2D eigenvalue weighted by Gasteiger charge is 2.04. The molecule has 3 aromatic rings. The molecule has 2 aromatic heterocycles. The maximum Gasteiger partial charge on any atom is 0.143 e. The summed E-state index contributed by atoms with van der Waals surface area (Å²) in [5.41, 5.74) is 3.77. The number of thiazole rings is 1. The second-order valence-corrected chi connectivity index (χ2v) is 5.99. The van der Waals surface area contributed by atoms with Gasteiger partial charge in [0.05, 0.1) is 26.7 Å². The minimum absolute atomic E-state index is 0.430. The van der Waals surface area contributed by atoms with E-state index in [1.165, 1.54) is 4.70 Å². The molecule has 0 saturated heterocycles. The molecule has 1 aromatic carbocycles. The van der Waals surface area contributed by atoms with Crippen LogP contribution in [0.2, 0.25) is 0 Å². The summed E-state index contributed by atoms with van der Waals surface area (Å²) in [5, 5.41) is 6.34. The molecule has 6 heteroatoms. The first kappa shape index (κ1) is 13.9. The SMILES string of the molecule is C#CCNc1nc(Nc2ccc3scnc3c2)ccc1Br. The number of rotatable bonds is 4. The molecule has 2 heterocycles. The lowest BCUT2D eigenvalue weighted by atomic mass is 10.3. The molecule has 0 spiro atoms. The van der Waals surface area contributed by atoms with Crippen LogP contribution >= 0.6 is 27.3 Å². The number of fused-ring (bicyclic) bond motifs is 1. The summed E-state index contributed by atoms with van der Waals surface area (Å²) < 4.78 is 2.04. The number of pyridine rings is 1. The van der Waals surface area contributed by atoms with Crippen molar-refractivity contribution in [2.24, 2.45) is 0 Å². The maximum atomic E-state index is 5.25. The van der Waals surface area contributed by atoms with Gasteiger partial charge in [-0.2, -0.15) is 0 Å². The smallest absolute Gasteiger partial charge is 0.143 e. The molecule has 0 saturated carbocycles. The molecule has 104 valence electrons. The second-order valence-electron chi connectivity index (χ2n) is 4.24. The van der Waals surface area contributed by atoms with Gasteiger partial charge in [0.25, 0.3) is 0 Å². The number of benzene rings is 1. The zero-order valence-corrected chi connectivity index (χ0v) is 13.3. The predicted molar refractivity (Wildman–Crippen MR) is 92.2 cm³/mol. The summed E-state index contributed by atoms with van der Waals surface area (Å²) in [4.78, 5) is 8.80. The Morgan fingerprint density at radius 1 is 1.29 bits per heavy atom. The van der Waals surface area contributed by atoms with E-state index in [0.717, 1.165) is 21.5 Å². The number of terminal acetylenes is 1. The third-order valence-electron chi connectivity index (χ3n) is 2.81. The first-order valence-electron chi connectivity index (χ1n) is 6.20. The molecule has 0 amide bonds. The minimum Gasteiger partial charge on any atom is -0.358 e. The summed E-state index contributed by atoms with van der Waals surface area (Å²) in [5.74, 6) is 3.99. The van der Waals surface area contributed by atoms with E-state index in [2.05, 4.69) is 42.5 Å². The van der Waals surface area contributed by atoms with Crippen LogP contribution in [0.1, 0.15) is 0 Å². The van der Waals surface area contributed by atoms with Crippen molar-refractivity contribution in [2.45, 2.75) is 0 Å². The number of aromatic nitrogens is 2. The minimum atomic E-state index is 0.430. The van der Waals surface area contributed by atoms with Crippen LogP contribution in [0.5, 0.6) is 0 Å². The van der Waals surface area contributed by atoms with Gasteiger partial charge >= 0.3 is 0 Å². The molecule has 0 aliphatic rings. The zero-order chi connectivity index (χ0) is 14.7. The van der Waals surface area contributed by atoms with Crippen LogP contribution in [0.15, 0.2) is 40.3 Å². The summed E-state index contributed by atoms with van der Waals surface area (Å²) in [6, 6.07) is 9.89. The van der Waals surface area contributed by atoms with Crippen LogP contribution in [0.3, 0.4) is 0 Å². The molecule has 2 N–H and O–H groups in total. The Morgan fingerprint density at radius 2 is 2.19 bits per heavy atom. The molecule has 0 atom stereocenters. The fraction of sp³-hybridized carbons (Fsp3) is 0.0667. The maximum absolute atomic E-state index is 5.25. The highest BCUT2D eigenvalue weighted by molar-refractivity contribution is 9.10. The number of hydrogen-bond donors (Lipinski definition) is 2. The van der Waals surface area contributed by atoms with E-state index in [9.17, 15) is 0 Å². The average Bonchev–Trinajstić information content (AvgIpc) is 2.95. The standard InChI is InChI=1S/C15H11BrN4S/c1-2-7-17-15-11(16)4-6-14(20-15)19-10-3-5-13-12(8-10)18-9-21-13/h1,3-6,8-9H,7H2,(H2,17,19,20). The predicted octanol–water partition coefficient (Wildman–Crippen LogP) is 4.24. The van der Waals surface area contributed by atoms with Gasteiger partial charge in [-0.1, -0.05) is 5.92 Å². The molecule has 0 aliphatic carbocycles. The van der Waals surface area contributed by atoms with E-state index in [-0.39, 0.29) is 0 Å². The fourth-order valence-electron chi connectivity index (χ4n) is 1.85. The monoisotopic (exact) mass is 358 g/mol. The van der Waals surface area contributed by atoms with Gasteiger partial charge in [-0.3, -0.25) is 0 Å². The van der Waals surface area contributed by atoms with Crippen LogP contribution in [0.4, 0.5) is 17.3 Å². The highest BCUT2D eigenvalue weighted by Crippen LogP contribution is 2.26. The van der Waals surface area contributed by atoms with Crippen LogP contribution in [-0.2, 0) is 0 Å². The van der Waals surface area contributed by atoms with Crippen LogP contribution in [0, 0.1) is 12.3 Å². The molecule has 0 fully saturated rings. The molecular formula is C15H11BrN4S. The van der Waals surface area contributed by atoms with Crippen molar-refractivity contribution in [3.05, 3.63) is 40.3 Å². The van der Waals surface area contributed by atoms with E-state index in [4.69, 9.17) is 6.42 Å². The topological polar surface area (TPSA) is 49.8 Å². The van der Waals surface area contributed by atoms with Gasteiger partial charge < -0.3 is 10.6 Å². The Labute approximate surface area is 134 Å². The van der Waals surface area contributed by atoms with Crippen molar-refractivity contribution < 1.29 is 0 Å². The number of hydrogen-bond acceptors (Lipinski definition) is 5.